The van der Waals surface area contributed by atoms with Crippen molar-refractivity contribution < 1.29 is 9.47 Å². The van der Waals surface area contributed by atoms with Crippen molar-refractivity contribution in [3.8, 4) is 5.88 Å². The molecule has 0 spiro atoms. The Kier molecular flexibility index (Phi) is 5.56. The van der Waals surface area contributed by atoms with E-state index in [2.05, 4.69) is 27.5 Å². The van der Waals surface area contributed by atoms with Crippen molar-refractivity contribution in [2.45, 2.75) is 44.8 Å². The summed E-state index contributed by atoms with van der Waals surface area (Å²) >= 11 is 0. The number of rotatable bonds is 7. The van der Waals surface area contributed by atoms with Gasteiger partial charge in [0.25, 0.3) is 0 Å². The molecule has 1 aliphatic heterocycles. The van der Waals surface area contributed by atoms with E-state index in [0.717, 1.165) is 50.0 Å². The van der Waals surface area contributed by atoms with Crippen LogP contribution < -0.4 is 15.4 Å². The summed E-state index contributed by atoms with van der Waals surface area (Å²) in [5.41, 5.74) is 1.04. The van der Waals surface area contributed by atoms with Crippen molar-refractivity contribution in [2.75, 3.05) is 26.8 Å². The van der Waals surface area contributed by atoms with Crippen LogP contribution in [0.25, 0.3) is 0 Å². The first-order valence-electron chi connectivity index (χ1n) is 8.83. The highest BCUT2D eigenvalue weighted by molar-refractivity contribution is 5.79. The second kappa shape index (κ2) is 7.83. The maximum atomic E-state index is 5.80. The number of aromatic nitrogens is 1. The molecule has 1 saturated heterocycles. The molecular weight excluding hydrogens is 304 g/mol. The summed E-state index contributed by atoms with van der Waals surface area (Å²) in [6, 6.07) is 3.98. The van der Waals surface area contributed by atoms with Crippen molar-refractivity contribution in [1.82, 2.24) is 15.6 Å². The Morgan fingerprint density at radius 1 is 1.46 bits per heavy atom. The number of pyridine rings is 1. The molecule has 0 radical (unpaired) electrons. The Labute approximate surface area is 144 Å². The lowest BCUT2D eigenvalue weighted by molar-refractivity contribution is 0.0243. The van der Waals surface area contributed by atoms with Gasteiger partial charge in [-0.3, -0.25) is 4.99 Å². The average Bonchev–Trinajstić information content (AvgIpc) is 3.33. The summed E-state index contributed by atoms with van der Waals surface area (Å²) in [5, 5.41) is 6.68. The second-order valence-electron chi connectivity index (χ2n) is 6.94. The fourth-order valence-electron chi connectivity index (χ4n) is 2.78. The van der Waals surface area contributed by atoms with Crippen molar-refractivity contribution >= 4 is 5.96 Å². The first kappa shape index (κ1) is 17.0. The molecule has 0 aromatic carbocycles. The predicted octanol–water partition coefficient (Wildman–Crippen LogP) is 2.10. The molecule has 6 nitrogen and oxygen atoms in total. The van der Waals surface area contributed by atoms with Gasteiger partial charge in [-0.05, 0) is 50.2 Å². The highest BCUT2D eigenvalue weighted by Crippen LogP contribution is 2.29. The van der Waals surface area contributed by atoms with Gasteiger partial charge in [-0.2, -0.15) is 0 Å². The van der Waals surface area contributed by atoms with Crippen molar-refractivity contribution in [1.29, 1.82) is 0 Å². The van der Waals surface area contributed by atoms with Crippen molar-refractivity contribution in [2.24, 2.45) is 10.9 Å². The normalized spacial score (nSPS) is 24.0. The van der Waals surface area contributed by atoms with Gasteiger partial charge in [-0.15, -0.1) is 0 Å². The van der Waals surface area contributed by atoms with E-state index in [1.165, 1.54) is 12.8 Å². The van der Waals surface area contributed by atoms with E-state index in [9.17, 15) is 0 Å². The molecule has 1 unspecified atom stereocenters. The third kappa shape index (κ3) is 5.09. The predicted molar refractivity (Wildman–Crippen MR) is 94.2 cm³/mol. The van der Waals surface area contributed by atoms with Crippen LogP contribution in [0.5, 0.6) is 5.88 Å². The Bertz CT molecular complexity index is 566. The largest absolute Gasteiger partial charge is 0.477 e. The lowest BCUT2D eigenvalue weighted by Crippen LogP contribution is -2.45. The van der Waals surface area contributed by atoms with Crippen LogP contribution in [0.1, 0.15) is 38.2 Å². The van der Waals surface area contributed by atoms with Crippen LogP contribution in [0.15, 0.2) is 23.3 Å². The third-order valence-electron chi connectivity index (χ3n) is 4.58. The Balaban J connectivity index is 1.45. The minimum absolute atomic E-state index is 0.0852. The molecule has 2 heterocycles. The molecule has 0 amide bonds. The Hall–Kier alpha value is -1.82. The van der Waals surface area contributed by atoms with E-state index in [1.54, 1.807) is 13.2 Å². The van der Waals surface area contributed by atoms with Gasteiger partial charge in [-0.1, -0.05) is 0 Å². The summed E-state index contributed by atoms with van der Waals surface area (Å²) in [6.45, 7) is 5.22. The van der Waals surface area contributed by atoms with Gasteiger partial charge in [0.15, 0.2) is 5.96 Å². The van der Waals surface area contributed by atoms with Crippen LogP contribution in [0.2, 0.25) is 0 Å². The minimum atomic E-state index is -0.0852. The number of ether oxygens (including phenoxy) is 2. The smallest absolute Gasteiger partial charge is 0.213 e. The fraction of sp³-hybridized carbons (Fsp3) is 0.667. The third-order valence-corrected chi connectivity index (χ3v) is 4.58. The van der Waals surface area contributed by atoms with Crippen LogP contribution in [0.3, 0.4) is 0 Å². The SMILES string of the molecule is CN=C(NCc1ccnc(OCC2CC2)c1)NCC1(C)CCCO1. The molecule has 2 aliphatic rings. The van der Waals surface area contributed by atoms with Crippen LogP contribution in [-0.4, -0.2) is 43.4 Å². The highest BCUT2D eigenvalue weighted by Gasteiger charge is 2.29. The van der Waals surface area contributed by atoms with Gasteiger partial charge in [0.2, 0.25) is 5.88 Å². The van der Waals surface area contributed by atoms with Crippen LogP contribution in [0, 0.1) is 5.92 Å². The van der Waals surface area contributed by atoms with Crippen LogP contribution in [-0.2, 0) is 11.3 Å². The quantitative estimate of drug-likeness (QED) is 0.591. The van der Waals surface area contributed by atoms with E-state index in [0.29, 0.717) is 12.4 Å². The molecule has 2 fully saturated rings. The number of hydrogen-bond donors (Lipinski definition) is 2. The molecule has 6 heteroatoms. The molecule has 132 valence electrons. The number of nitrogens with one attached hydrogen (secondary N) is 2. The molecule has 1 aliphatic carbocycles. The second-order valence-corrected chi connectivity index (χ2v) is 6.94. The van der Waals surface area contributed by atoms with E-state index in [4.69, 9.17) is 9.47 Å². The van der Waals surface area contributed by atoms with Crippen molar-refractivity contribution in [3.63, 3.8) is 0 Å². The van der Waals surface area contributed by atoms with E-state index >= 15 is 0 Å². The summed E-state index contributed by atoms with van der Waals surface area (Å²) in [6.07, 6.45) is 6.58. The zero-order valence-corrected chi connectivity index (χ0v) is 14.7. The van der Waals surface area contributed by atoms with Crippen LogP contribution in [0.4, 0.5) is 0 Å². The van der Waals surface area contributed by atoms with Gasteiger partial charge in [0.05, 0.1) is 12.2 Å². The maximum Gasteiger partial charge on any atom is 0.213 e. The van der Waals surface area contributed by atoms with E-state index < -0.39 is 0 Å². The number of guanidine groups is 1. The summed E-state index contributed by atoms with van der Waals surface area (Å²) in [7, 11) is 1.78. The summed E-state index contributed by atoms with van der Waals surface area (Å²) in [4.78, 5) is 8.55. The lowest BCUT2D eigenvalue weighted by Gasteiger charge is -2.24. The van der Waals surface area contributed by atoms with E-state index in [1.807, 2.05) is 12.1 Å². The zero-order chi connectivity index (χ0) is 16.8. The average molecular weight is 332 g/mol. The highest BCUT2D eigenvalue weighted by atomic mass is 16.5. The topological polar surface area (TPSA) is 67.8 Å². The molecule has 1 saturated carbocycles. The maximum absolute atomic E-state index is 5.80. The first-order valence-corrected chi connectivity index (χ1v) is 8.83. The Morgan fingerprint density at radius 2 is 2.33 bits per heavy atom. The molecule has 24 heavy (non-hydrogen) atoms. The number of hydrogen-bond acceptors (Lipinski definition) is 4. The Morgan fingerprint density at radius 3 is 3.04 bits per heavy atom. The van der Waals surface area contributed by atoms with E-state index in [-0.39, 0.29) is 5.60 Å². The molecule has 0 bridgehead atoms. The molecule has 3 rings (SSSR count). The number of aliphatic imine (C=N–C) groups is 1. The standard InChI is InChI=1S/C18H28N4O2/c1-18(7-3-9-24-18)13-22-17(19-2)21-11-15-6-8-20-16(10-15)23-12-14-4-5-14/h6,8,10,14H,3-5,7,9,11-13H2,1-2H3,(H2,19,21,22). The first-order chi connectivity index (χ1) is 11.7. The number of nitrogens with zero attached hydrogens (tertiary/aromatic N) is 2. The monoisotopic (exact) mass is 332 g/mol. The summed E-state index contributed by atoms with van der Waals surface area (Å²) < 4.78 is 11.5. The summed E-state index contributed by atoms with van der Waals surface area (Å²) in [5.74, 6) is 2.22. The van der Waals surface area contributed by atoms with Gasteiger partial charge in [-0.25, -0.2) is 4.98 Å². The zero-order valence-electron chi connectivity index (χ0n) is 14.7. The van der Waals surface area contributed by atoms with Gasteiger partial charge in [0, 0.05) is 39.0 Å². The molecule has 2 N–H and O–H groups in total. The molecule has 1 aromatic rings. The molecule has 1 aromatic heterocycles. The van der Waals surface area contributed by atoms with Crippen LogP contribution >= 0.6 is 0 Å². The minimum Gasteiger partial charge on any atom is -0.477 e. The molecular formula is C18H28N4O2. The van der Waals surface area contributed by atoms with Gasteiger partial charge < -0.3 is 20.1 Å². The fourth-order valence-corrected chi connectivity index (χ4v) is 2.78. The van der Waals surface area contributed by atoms with Gasteiger partial charge in [0.1, 0.15) is 0 Å². The van der Waals surface area contributed by atoms with Gasteiger partial charge >= 0.3 is 0 Å². The van der Waals surface area contributed by atoms with Crippen molar-refractivity contribution in [3.05, 3.63) is 23.9 Å². The molecule has 1 atom stereocenters. The lowest BCUT2D eigenvalue weighted by atomic mass is 10.0.